The first-order valence-corrected chi connectivity index (χ1v) is 9.00. The second kappa shape index (κ2) is 8.49. The molecule has 0 spiro atoms. The number of rotatable bonds is 5. The molecule has 0 aliphatic carbocycles. The third-order valence-electron chi connectivity index (χ3n) is 4.35. The van der Waals surface area contributed by atoms with E-state index in [9.17, 15) is 14.0 Å². The Hall–Kier alpha value is -2.45. The van der Waals surface area contributed by atoms with E-state index in [2.05, 4.69) is 15.3 Å². The fourth-order valence-electron chi connectivity index (χ4n) is 2.87. The van der Waals surface area contributed by atoms with Crippen LogP contribution >= 0.6 is 11.6 Å². The molecule has 0 saturated carbocycles. The molecule has 1 aliphatic rings. The minimum Gasteiger partial charge on any atom is -0.378 e. The first kappa shape index (κ1) is 19.3. The second-order valence-electron chi connectivity index (χ2n) is 6.20. The standard InChI is InChI=1S/C18H20ClFN4O3/c1-11-12(17(26)23-18(21-11)24-7-9-27-10-8-24)5-6-15(25)22-14-4-2-3-13(19)16(14)20/h2-4H,5-10H2,1H3,(H,22,25)(H,21,23,26). The second-order valence-corrected chi connectivity index (χ2v) is 6.61. The van der Waals surface area contributed by atoms with Gasteiger partial charge >= 0.3 is 0 Å². The zero-order valence-electron chi connectivity index (χ0n) is 14.8. The van der Waals surface area contributed by atoms with E-state index in [-0.39, 0.29) is 29.1 Å². The predicted molar refractivity (Wildman–Crippen MR) is 101 cm³/mol. The highest BCUT2D eigenvalue weighted by Gasteiger charge is 2.17. The van der Waals surface area contributed by atoms with Crippen molar-refractivity contribution in [1.29, 1.82) is 0 Å². The lowest BCUT2D eigenvalue weighted by molar-refractivity contribution is -0.116. The number of H-pyrrole nitrogens is 1. The minimum atomic E-state index is -0.682. The largest absolute Gasteiger partial charge is 0.378 e. The summed E-state index contributed by atoms with van der Waals surface area (Å²) in [6.45, 7) is 4.24. The number of aromatic amines is 1. The fraction of sp³-hybridized carbons (Fsp3) is 0.389. The van der Waals surface area contributed by atoms with E-state index in [1.807, 2.05) is 4.90 Å². The van der Waals surface area contributed by atoms with Crippen molar-refractivity contribution in [2.24, 2.45) is 0 Å². The first-order valence-electron chi connectivity index (χ1n) is 8.62. The Bertz CT molecular complexity index is 897. The van der Waals surface area contributed by atoms with E-state index in [1.165, 1.54) is 12.1 Å². The number of amides is 1. The van der Waals surface area contributed by atoms with Crippen LogP contribution in [0.4, 0.5) is 16.0 Å². The van der Waals surface area contributed by atoms with Gasteiger partial charge in [-0.1, -0.05) is 17.7 Å². The summed E-state index contributed by atoms with van der Waals surface area (Å²) in [5.41, 5.74) is 0.750. The summed E-state index contributed by atoms with van der Waals surface area (Å²) in [6.07, 6.45) is 0.222. The maximum atomic E-state index is 13.8. The zero-order valence-corrected chi connectivity index (χ0v) is 15.6. The van der Waals surface area contributed by atoms with E-state index in [1.54, 1.807) is 13.0 Å². The number of halogens is 2. The number of ether oxygens (including phenoxy) is 1. The Kier molecular flexibility index (Phi) is 6.08. The van der Waals surface area contributed by atoms with Gasteiger partial charge in [0.15, 0.2) is 5.82 Å². The molecule has 2 N–H and O–H groups in total. The third kappa shape index (κ3) is 4.64. The number of benzene rings is 1. The van der Waals surface area contributed by atoms with Crippen LogP contribution < -0.4 is 15.8 Å². The molecule has 2 aromatic rings. The number of nitrogens with zero attached hydrogens (tertiary/aromatic N) is 2. The number of aryl methyl sites for hydroxylation is 1. The molecule has 27 heavy (non-hydrogen) atoms. The maximum Gasteiger partial charge on any atom is 0.255 e. The molecular formula is C18H20ClFN4O3. The maximum absolute atomic E-state index is 13.8. The predicted octanol–water partition coefficient (Wildman–Crippen LogP) is 2.28. The summed E-state index contributed by atoms with van der Waals surface area (Å²) in [5.74, 6) is -0.583. The van der Waals surface area contributed by atoms with Crippen molar-refractivity contribution in [3.8, 4) is 0 Å². The highest BCUT2D eigenvalue weighted by molar-refractivity contribution is 6.31. The molecule has 1 fully saturated rings. The van der Waals surface area contributed by atoms with Crippen molar-refractivity contribution in [3.05, 3.63) is 50.7 Å². The number of nitrogens with one attached hydrogen (secondary N) is 2. The number of morpholine rings is 1. The molecular weight excluding hydrogens is 375 g/mol. The number of carbonyl (C=O) groups is 1. The van der Waals surface area contributed by atoms with Crippen LogP contribution in [-0.4, -0.2) is 42.2 Å². The average Bonchev–Trinajstić information content (AvgIpc) is 2.65. The summed E-state index contributed by atoms with van der Waals surface area (Å²) in [7, 11) is 0. The van der Waals surface area contributed by atoms with Gasteiger partial charge < -0.3 is 15.0 Å². The van der Waals surface area contributed by atoms with Crippen molar-refractivity contribution in [1.82, 2.24) is 9.97 Å². The van der Waals surface area contributed by atoms with Gasteiger partial charge in [0, 0.05) is 30.8 Å². The first-order chi connectivity index (χ1) is 13.0. The van der Waals surface area contributed by atoms with Gasteiger partial charge in [-0.25, -0.2) is 9.37 Å². The van der Waals surface area contributed by atoms with Crippen molar-refractivity contribution < 1.29 is 13.9 Å². The van der Waals surface area contributed by atoms with Crippen LogP contribution in [0, 0.1) is 12.7 Å². The molecule has 0 atom stereocenters. The van der Waals surface area contributed by atoms with Gasteiger partial charge in [0.25, 0.3) is 5.56 Å². The molecule has 2 heterocycles. The van der Waals surface area contributed by atoms with Gasteiger partial charge in [0.05, 0.1) is 23.9 Å². The van der Waals surface area contributed by atoms with E-state index in [4.69, 9.17) is 16.3 Å². The number of hydrogen-bond acceptors (Lipinski definition) is 5. The lowest BCUT2D eigenvalue weighted by Crippen LogP contribution is -2.38. The highest BCUT2D eigenvalue weighted by Crippen LogP contribution is 2.22. The van der Waals surface area contributed by atoms with Gasteiger partial charge in [-0.2, -0.15) is 0 Å². The number of hydrogen-bond donors (Lipinski definition) is 2. The summed E-state index contributed by atoms with van der Waals surface area (Å²) in [4.78, 5) is 33.7. The van der Waals surface area contributed by atoms with Crippen LogP contribution in [0.15, 0.2) is 23.0 Å². The van der Waals surface area contributed by atoms with Gasteiger partial charge in [-0.05, 0) is 25.5 Å². The molecule has 7 nitrogen and oxygen atoms in total. The van der Waals surface area contributed by atoms with Crippen LogP contribution in [0.25, 0.3) is 0 Å². The van der Waals surface area contributed by atoms with Crippen LogP contribution in [-0.2, 0) is 16.0 Å². The average molecular weight is 395 g/mol. The molecule has 1 saturated heterocycles. The van der Waals surface area contributed by atoms with Crippen molar-refractivity contribution in [3.63, 3.8) is 0 Å². The summed E-state index contributed by atoms with van der Waals surface area (Å²) < 4.78 is 19.1. The SMILES string of the molecule is Cc1nc(N2CCOCC2)[nH]c(=O)c1CCC(=O)Nc1cccc(Cl)c1F. The Balaban J connectivity index is 1.66. The summed E-state index contributed by atoms with van der Waals surface area (Å²) in [5, 5.41) is 2.40. The zero-order chi connectivity index (χ0) is 19.4. The molecule has 0 bridgehead atoms. The molecule has 0 radical (unpaired) electrons. The van der Waals surface area contributed by atoms with Crippen LogP contribution in [0.3, 0.4) is 0 Å². The summed E-state index contributed by atoms with van der Waals surface area (Å²) in [6, 6.07) is 4.37. The summed E-state index contributed by atoms with van der Waals surface area (Å²) >= 11 is 5.70. The Morgan fingerprint density at radius 2 is 2.15 bits per heavy atom. The van der Waals surface area contributed by atoms with E-state index in [0.29, 0.717) is 43.5 Å². The van der Waals surface area contributed by atoms with Crippen molar-refractivity contribution in [2.45, 2.75) is 19.8 Å². The van der Waals surface area contributed by atoms with Gasteiger partial charge in [-0.15, -0.1) is 0 Å². The normalized spacial score (nSPS) is 14.3. The molecule has 3 rings (SSSR count). The Morgan fingerprint density at radius 1 is 1.41 bits per heavy atom. The van der Waals surface area contributed by atoms with E-state index >= 15 is 0 Å². The van der Waals surface area contributed by atoms with Crippen LogP contribution in [0.5, 0.6) is 0 Å². The van der Waals surface area contributed by atoms with Gasteiger partial charge in [0.2, 0.25) is 11.9 Å². The highest BCUT2D eigenvalue weighted by atomic mass is 35.5. The molecule has 1 aromatic heterocycles. The van der Waals surface area contributed by atoms with E-state index < -0.39 is 11.7 Å². The third-order valence-corrected chi connectivity index (χ3v) is 4.64. The van der Waals surface area contributed by atoms with Crippen LogP contribution in [0.2, 0.25) is 5.02 Å². The molecule has 1 amide bonds. The molecule has 0 unspecified atom stereocenters. The number of aromatic nitrogens is 2. The molecule has 1 aromatic carbocycles. The van der Waals surface area contributed by atoms with Gasteiger partial charge in [0.1, 0.15) is 0 Å². The van der Waals surface area contributed by atoms with Crippen molar-refractivity contribution in [2.75, 3.05) is 36.5 Å². The smallest absolute Gasteiger partial charge is 0.255 e. The monoisotopic (exact) mass is 394 g/mol. The molecule has 144 valence electrons. The lowest BCUT2D eigenvalue weighted by Gasteiger charge is -2.27. The van der Waals surface area contributed by atoms with Gasteiger partial charge in [-0.3, -0.25) is 14.6 Å². The Labute approximate surface area is 160 Å². The number of carbonyl (C=O) groups excluding carboxylic acids is 1. The minimum absolute atomic E-state index is 0.0129. The van der Waals surface area contributed by atoms with Crippen molar-refractivity contribution >= 4 is 29.1 Å². The lowest BCUT2D eigenvalue weighted by atomic mass is 10.1. The van der Waals surface area contributed by atoms with Crippen LogP contribution in [0.1, 0.15) is 17.7 Å². The molecule has 1 aliphatic heterocycles. The number of anilines is 2. The fourth-order valence-corrected chi connectivity index (χ4v) is 3.04. The Morgan fingerprint density at radius 3 is 2.85 bits per heavy atom. The molecule has 9 heteroatoms. The quantitative estimate of drug-likeness (QED) is 0.812. The topological polar surface area (TPSA) is 87.3 Å². The van der Waals surface area contributed by atoms with E-state index in [0.717, 1.165) is 0 Å².